The molecule has 0 saturated carbocycles. The van der Waals surface area contributed by atoms with Crippen LogP contribution < -0.4 is 14.8 Å². The lowest BCUT2D eigenvalue weighted by Gasteiger charge is -2.13. The van der Waals surface area contributed by atoms with Crippen molar-refractivity contribution in [2.24, 2.45) is 0 Å². The number of aromatic nitrogens is 3. The Balaban J connectivity index is 1.45. The third kappa shape index (κ3) is 4.69. The van der Waals surface area contributed by atoms with Gasteiger partial charge in [0.05, 0.1) is 29.5 Å². The van der Waals surface area contributed by atoms with E-state index < -0.39 is 0 Å². The topological polar surface area (TPSA) is 78.3 Å². The quantitative estimate of drug-likeness (QED) is 0.480. The largest absolute Gasteiger partial charge is 0.493 e. The number of rotatable bonds is 7. The van der Waals surface area contributed by atoms with E-state index in [9.17, 15) is 4.79 Å². The molecule has 0 spiro atoms. The van der Waals surface area contributed by atoms with Crippen molar-refractivity contribution in [2.45, 2.75) is 13.2 Å². The summed E-state index contributed by atoms with van der Waals surface area (Å²) in [6.07, 6.45) is 3.06. The summed E-state index contributed by atoms with van der Waals surface area (Å²) in [5.74, 6) is 0.835. The number of pyridine rings is 1. The average molecular weight is 423 g/mol. The molecule has 0 atom stereocenters. The minimum atomic E-state index is -0.234. The molecule has 0 aliphatic heterocycles. The molecular weight excluding hydrogens is 404 g/mol. The Morgan fingerprint density at radius 3 is 2.80 bits per heavy atom. The van der Waals surface area contributed by atoms with Crippen LogP contribution >= 0.6 is 11.6 Å². The number of para-hydroxylation sites is 1. The summed E-state index contributed by atoms with van der Waals surface area (Å²) in [4.78, 5) is 16.9. The highest BCUT2D eigenvalue weighted by atomic mass is 35.5. The van der Waals surface area contributed by atoms with Crippen LogP contribution in [0.2, 0.25) is 5.02 Å². The minimum Gasteiger partial charge on any atom is -0.493 e. The number of anilines is 1. The summed E-state index contributed by atoms with van der Waals surface area (Å²) in [5.41, 5.74) is 2.28. The Labute approximate surface area is 178 Å². The van der Waals surface area contributed by atoms with E-state index in [1.165, 1.54) is 10.9 Å². The number of nitrogens with zero attached hydrogens (tertiary/aromatic N) is 3. The second-order valence-electron chi connectivity index (χ2n) is 6.55. The Kier molecular flexibility index (Phi) is 5.81. The molecule has 0 aliphatic carbocycles. The van der Waals surface area contributed by atoms with E-state index in [0.717, 1.165) is 16.6 Å². The first-order valence-electron chi connectivity index (χ1n) is 9.24. The SMILES string of the molecule is COc1ccc(NC(=O)Cn2cc(Cl)cn2)cc1OCc1ccc2ccccc2n1. The van der Waals surface area contributed by atoms with Gasteiger partial charge in [0, 0.05) is 23.3 Å². The maximum Gasteiger partial charge on any atom is 0.246 e. The summed E-state index contributed by atoms with van der Waals surface area (Å²) >= 11 is 5.83. The van der Waals surface area contributed by atoms with E-state index in [0.29, 0.717) is 22.2 Å². The summed E-state index contributed by atoms with van der Waals surface area (Å²) in [6.45, 7) is 0.320. The Bertz CT molecular complexity index is 1190. The van der Waals surface area contributed by atoms with Gasteiger partial charge in [0.25, 0.3) is 0 Å². The molecular formula is C22H19ClN4O3. The predicted molar refractivity (Wildman–Crippen MR) is 115 cm³/mol. The zero-order valence-corrected chi connectivity index (χ0v) is 17.0. The number of fused-ring (bicyclic) bond motifs is 1. The number of carbonyl (C=O) groups is 1. The Hall–Kier alpha value is -3.58. The van der Waals surface area contributed by atoms with Gasteiger partial charge in [-0.1, -0.05) is 35.9 Å². The molecule has 7 nitrogen and oxygen atoms in total. The first kappa shape index (κ1) is 19.7. The molecule has 8 heteroatoms. The van der Waals surface area contributed by atoms with Gasteiger partial charge in [-0.15, -0.1) is 0 Å². The van der Waals surface area contributed by atoms with Crippen molar-refractivity contribution in [1.82, 2.24) is 14.8 Å². The van der Waals surface area contributed by atoms with Gasteiger partial charge >= 0.3 is 0 Å². The van der Waals surface area contributed by atoms with Gasteiger partial charge in [-0.05, 0) is 24.3 Å². The van der Waals surface area contributed by atoms with Crippen LogP contribution in [0, 0.1) is 0 Å². The zero-order valence-electron chi connectivity index (χ0n) is 16.2. The predicted octanol–water partition coefficient (Wildman–Crippen LogP) is 4.31. The van der Waals surface area contributed by atoms with Crippen molar-refractivity contribution in [3.63, 3.8) is 0 Å². The average Bonchev–Trinajstić information content (AvgIpc) is 3.16. The molecule has 0 saturated heterocycles. The molecule has 0 aliphatic rings. The first-order valence-corrected chi connectivity index (χ1v) is 9.62. The second kappa shape index (κ2) is 8.84. The zero-order chi connectivity index (χ0) is 20.9. The van der Waals surface area contributed by atoms with Crippen LogP contribution in [0.25, 0.3) is 10.9 Å². The van der Waals surface area contributed by atoms with Gasteiger partial charge in [0.2, 0.25) is 5.91 Å². The first-order chi connectivity index (χ1) is 14.6. The Morgan fingerprint density at radius 1 is 1.13 bits per heavy atom. The van der Waals surface area contributed by atoms with Crippen molar-refractivity contribution < 1.29 is 14.3 Å². The third-order valence-corrected chi connectivity index (χ3v) is 4.58. The fraction of sp³-hybridized carbons (Fsp3) is 0.136. The van der Waals surface area contributed by atoms with E-state index in [4.69, 9.17) is 21.1 Å². The fourth-order valence-corrected chi connectivity index (χ4v) is 3.14. The molecule has 1 N–H and O–H groups in total. The van der Waals surface area contributed by atoms with Crippen LogP contribution in [0.1, 0.15) is 5.69 Å². The standard InChI is InChI=1S/C22H19ClN4O3/c1-29-20-9-8-17(26-22(28)13-27-12-16(23)11-24-27)10-21(20)30-14-18-7-6-15-4-2-3-5-19(15)25-18/h2-12H,13-14H2,1H3,(H,26,28). The highest BCUT2D eigenvalue weighted by Gasteiger charge is 2.10. The van der Waals surface area contributed by atoms with Crippen LogP contribution in [-0.4, -0.2) is 27.8 Å². The van der Waals surface area contributed by atoms with Crippen LogP contribution in [0.15, 0.2) is 67.0 Å². The summed E-state index contributed by atoms with van der Waals surface area (Å²) < 4.78 is 12.8. The number of amides is 1. The highest BCUT2D eigenvalue weighted by Crippen LogP contribution is 2.31. The summed E-state index contributed by atoms with van der Waals surface area (Å²) in [5, 5.41) is 8.37. The van der Waals surface area contributed by atoms with Crippen molar-refractivity contribution in [3.8, 4) is 11.5 Å². The van der Waals surface area contributed by atoms with E-state index in [1.54, 1.807) is 31.5 Å². The molecule has 2 aromatic heterocycles. The van der Waals surface area contributed by atoms with Gasteiger partial charge in [0.15, 0.2) is 11.5 Å². The molecule has 30 heavy (non-hydrogen) atoms. The van der Waals surface area contributed by atoms with E-state index in [-0.39, 0.29) is 19.1 Å². The van der Waals surface area contributed by atoms with Crippen molar-refractivity contribution >= 4 is 34.1 Å². The van der Waals surface area contributed by atoms with Crippen molar-refractivity contribution in [2.75, 3.05) is 12.4 Å². The van der Waals surface area contributed by atoms with Crippen molar-refractivity contribution in [3.05, 3.63) is 77.7 Å². The molecule has 0 bridgehead atoms. The molecule has 0 fully saturated rings. The molecule has 2 aromatic carbocycles. The number of methoxy groups -OCH3 is 1. The molecule has 0 radical (unpaired) electrons. The van der Waals surface area contributed by atoms with Gasteiger partial charge in [-0.2, -0.15) is 5.10 Å². The number of benzene rings is 2. The maximum atomic E-state index is 12.3. The normalized spacial score (nSPS) is 10.7. The Morgan fingerprint density at radius 2 is 2.00 bits per heavy atom. The minimum absolute atomic E-state index is 0.0515. The lowest BCUT2D eigenvalue weighted by atomic mass is 10.2. The molecule has 4 rings (SSSR count). The molecule has 1 amide bonds. The van der Waals surface area contributed by atoms with Gasteiger partial charge in [-0.3, -0.25) is 9.48 Å². The van der Waals surface area contributed by atoms with Crippen LogP contribution in [0.5, 0.6) is 11.5 Å². The maximum absolute atomic E-state index is 12.3. The highest BCUT2D eigenvalue weighted by molar-refractivity contribution is 6.30. The van der Waals surface area contributed by atoms with Gasteiger partial charge in [-0.25, -0.2) is 4.98 Å². The lowest BCUT2D eigenvalue weighted by Crippen LogP contribution is -2.19. The lowest BCUT2D eigenvalue weighted by molar-refractivity contribution is -0.116. The van der Waals surface area contributed by atoms with Crippen molar-refractivity contribution in [1.29, 1.82) is 0 Å². The van der Waals surface area contributed by atoms with Crippen LogP contribution in [0.3, 0.4) is 0 Å². The fourth-order valence-electron chi connectivity index (χ4n) is 2.98. The second-order valence-corrected chi connectivity index (χ2v) is 6.99. The van der Waals surface area contributed by atoms with E-state index in [1.807, 2.05) is 36.4 Å². The molecule has 2 heterocycles. The van der Waals surface area contributed by atoms with Gasteiger partial charge < -0.3 is 14.8 Å². The van der Waals surface area contributed by atoms with E-state index >= 15 is 0 Å². The molecule has 0 unspecified atom stereocenters. The van der Waals surface area contributed by atoms with E-state index in [2.05, 4.69) is 15.4 Å². The van der Waals surface area contributed by atoms with Crippen LogP contribution in [-0.2, 0) is 17.9 Å². The van der Waals surface area contributed by atoms with Gasteiger partial charge in [0.1, 0.15) is 13.2 Å². The smallest absolute Gasteiger partial charge is 0.246 e. The molecule has 4 aromatic rings. The summed E-state index contributed by atoms with van der Waals surface area (Å²) in [7, 11) is 1.57. The van der Waals surface area contributed by atoms with Crippen LogP contribution in [0.4, 0.5) is 5.69 Å². The molecule has 152 valence electrons. The number of carbonyl (C=O) groups excluding carboxylic acids is 1. The number of halogens is 1. The summed E-state index contributed by atoms with van der Waals surface area (Å²) in [6, 6.07) is 17.0. The third-order valence-electron chi connectivity index (χ3n) is 4.39. The number of ether oxygens (including phenoxy) is 2. The number of hydrogen-bond acceptors (Lipinski definition) is 5. The number of nitrogens with one attached hydrogen (secondary N) is 1. The number of hydrogen-bond donors (Lipinski definition) is 1. The monoisotopic (exact) mass is 422 g/mol.